The quantitative estimate of drug-likeness (QED) is 0.903. The van der Waals surface area contributed by atoms with E-state index in [1.165, 1.54) is 0 Å². The summed E-state index contributed by atoms with van der Waals surface area (Å²) in [6.45, 7) is 4.14. The molecular formula is C15H19NO3. The first kappa shape index (κ1) is 13.6. The molecule has 19 heavy (non-hydrogen) atoms. The number of hydrogen-bond acceptors (Lipinski definition) is 3. The molecule has 0 aromatic heterocycles. The number of likely N-dealkylation sites (N-methyl/N-ethyl adjacent to an activating group) is 1. The van der Waals surface area contributed by atoms with Crippen LogP contribution >= 0.6 is 0 Å². The second-order valence-electron chi connectivity index (χ2n) is 4.75. The summed E-state index contributed by atoms with van der Waals surface area (Å²) in [7, 11) is 0. The third-order valence-electron chi connectivity index (χ3n) is 3.26. The Bertz CT molecular complexity index is 496. The fourth-order valence-electron chi connectivity index (χ4n) is 2.26. The van der Waals surface area contributed by atoms with Crippen LogP contribution in [0.25, 0.3) is 0 Å². The zero-order valence-electron chi connectivity index (χ0n) is 11.4. The number of ketones is 1. The van der Waals surface area contributed by atoms with E-state index in [-0.39, 0.29) is 11.7 Å². The van der Waals surface area contributed by atoms with Gasteiger partial charge in [0, 0.05) is 18.5 Å². The maximum absolute atomic E-state index is 11.8. The Morgan fingerprint density at radius 3 is 2.95 bits per heavy atom. The highest BCUT2D eigenvalue weighted by atomic mass is 16.5. The first-order valence-corrected chi connectivity index (χ1v) is 6.72. The number of ether oxygens (including phenoxy) is 1. The van der Waals surface area contributed by atoms with Gasteiger partial charge in [0.15, 0.2) is 11.9 Å². The molecule has 1 unspecified atom stereocenters. The van der Waals surface area contributed by atoms with Gasteiger partial charge in [0.05, 0.1) is 0 Å². The van der Waals surface area contributed by atoms with Crippen molar-refractivity contribution in [1.29, 1.82) is 0 Å². The van der Waals surface area contributed by atoms with Crippen molar-refractivity contribution in [3.05, 3.63) is 29.3 Å². The maximum Gasteiger partial charge on any atom is 0.260 e. The number of carbonyl (C=O) groups is 2. The van der Waals surface area contributed by atoms with E-state index >= 15 is 0 Å². The molecule has 0 saturated heterocycles. The van der Waals surface area contributed by atoms with Gasteiger partial charge in [0.2, 0.25) is 0 Å². The highest BCUT2D eigenvalue weighted by molar-refractivity contribution is 5.98. The molecule has 0 fully saturated rings. The lowest BCUT2D eigenvalue weighted by molar-refractivity contribution is -0.127. The molecule has 1 N–H and O–H groups in total. The summed E-state index contributed by atoms with van der Waals surface area (Å²) in [5.74, 6) is 0.594. The number of nitrogens with one attached hydrogen (secondary N) is 1. The Morgan fingerprint density at radius 2 is 2.21 bits per heavy atom. The van der Waals surface area contributed by atoms with Gasteiger partial charge in [-0.1, -0.05) is 6.07 Å². The standard InChI is InChI=1S/C15H19NO3/c1-3-16-15(18)10(2)19-12-8-7-11-5-4-6-14(17)13(11)9-12/h7-10H,3-6H2,1-2H3,(H,16,18). The summed E-state index contributed by atoms with van der Waals surface area (Å²) in [6.07, 6.45) is 1.90. The lowest BCUT2D eigenvalue weighted by Crippen LogP contribution is -2.36. The predicted octanol–water partition coefficient (Wildman–Crippen LogP) is 2.11. The van der Waals surface area contributed by atoms with Crippen LogP contribution in [-0.2, 0) is 11.2 Å². The summed E-state index contributed by atoms with van der Waals surface area (Å²) in [5.41, 5.74) is 1.82. The van der Waals surface area contributed by atoms with Crippen LogP contribution in [0.1, 0.15) is 42.6 Å². The number of rotatable bonds is 4. The number of carbonyl (C=O) groups excluding carboxylic acids is 2. The van der Waals surface area contributed by atoms with Crippen LogP contribution in [0.3, 0.4) is 0 Å². The smallest absolute Gasteiger partial charge is 0.260 e. The van der Waals surface area contributed by atoms with Crippen molar-refractivity contribution in [3.63, 3.8) is 0 Å². The number of fused-ring (bicyclic) bond motifs is 1. The van der Waals surface area contributed by atoms with Crippen molar-refractivity contribution in [2.75, 3.05) is 6.54 Å². The van der Waals surface area contributed by atoms with Crippen molar-refractivity contribution in [2.24, 2.45) is 0 Å². The van der Waals surface area contributed by atoms with Crippen molar-refractivity contribution in [1.82, 2.24) is 5.32 Å². The molecule has 4 nitrogen and oxygen atoms in total. The maximum atomic E-state index is 11.8. The van der Waals surface area contributed by atoms with Crippen molar-refractivity contribution in [2.45, 2.75) is 39.2 Å². The fourth-order valence-corrected chi connectivity index (χ4v) is 2.26. The molecule has 0 saturated carbocycles. The minimum Gasteiger partial charge on any atom is -0.481 e. The van der Waals surface area contributed by atoms with Gasteiger partial charge in [0.25, 0.3) is 5.91 Å². The van der Waals surface area contributed by atoms with Crippen LogP contribution in [0, 0.1) is 0 Å². The summed E-state index contributed by atoms with van der Waals surface area (Å²) in [4.78, 5) is 23.4. The number of amides is 1. The van der Waals surface area contributed by atoms with Crippen LogP contribution < -0.4 is 10.1 Å². The number of Topliss-reactive ketones (excluding diaryl/α,β-unsaturated/α-hetero) is 1. The van der Waals surface area contributed by atoms with Crippen LogP contribution in [0.4, 0.5) is 0 Å². The largest absolute Gasteiger partial charge is 0.481 e. The van der Waals surface area contributed by atoms with Crippen LogP contribution in [-0.4, -0.2) is 24.3 Å². The van der Waals surface area contributed by atoms with E-state index in [0.717, 1.165) is 24.0 Å². The lowest BCUT2D eigenvalue weighted by Gasteiger charge is -2.18. The summed E-state index contributed by atoms with van der Waals surface area (Å²) < 4.78 is 5.58. The molecule has 0 aliphatic heterocycles. The van der Waals surface area contributed by atoms with Crippen LogP contribution in [0.15, 0.2) is 18.2 Å². The van der Waals surface area contributed by atoms with Crippen molar-refractivity contribution < 1.29 is 14.3 Å². The molecule has 0 heterocycles. The Labute approximate surface area is 113 Å². The Kier molecular flexibility index (Phi) is 4.20. The van der Waals surface area contributed by atoms with Gasteiger partial charge in [-0.2, -0.15) is 0 Å². The fraction of sp³-hybridized carbons (Fsp3) is 0.467. The third kappa shape index (κ3) is 3.13. The number of aryl methyl sites for hydroxylation is 1. The number of benzene rings is 1. The minimum absolute atomic E-state index is 0.147. The average Bonchev–Trinajstić information content (AvgIpc) is 2.40. The highest BCUT2D eigenvalue weighted by Gasteiger charge is 2.19. The van der Waals surface area contributed by atoms with E-state index in [1.807, 2.05) is 19.1 Å². The monoisotopic (exact) mass is 261 g/mol. The molecule has 4 heteroatoms. The van der Waals surface area contributed by atoms with E-state index in [4.69, 9.17) is 4.74 Å². The van der Waals surface area contributed by atoms with E-state index < -0.39 is 6.10 Å². The SMILES string of the molecule is CCNC(=O)C(C)Oc1ccc2c(c1)C(=O)CCC2. The molecule has 1 atom stereocenters. The van der Waals surface area contributed by atoms with Gasteiger partial charge < -0.3 is 10.1 Å². The van der Waals surface area contributed by atoms with Crippen LogP contribution in [0.5, 0.6) is 5.75 Å². The molecule has 0 spiro atoms. The highest BCUT2D eigenvalue weighted by Crippen LogP contribution is 2.25. The normalized spacial score (nSPS) is 15.6. The topological polar surface area (TPSA) is 55.4 Å². The first-order valence-electron chi connectivity index (χ1n) is 6.72. The zero-order chi connectivity index (χ0) is 13.8. The van der Waals surface area contributed by atoms with Gasteiger partial charge in [-0.3, -0.25) is 9.59 Å². The predicted molar refractivity (Wildman–Crippen MR) is 72.5 cm³/mol. The molecule has 102 valence electrons. The summed E-state index contributed by atoms with van der Waals surface area (Å²) >= 11 is 0. The molecule has 1 aliphatic rings. The molecule has 1 aromatic rings. The molecule has 2 rings (SSSR count). The molecule has 1 amide bonds. The van der Waals surface area contributed by atoms with E-state index in [1.54, 1.807) is 13.0 Å². The molecule has 0 radical (unpaired) electrons. The van der Waals surface area contributed by atoms with Gasteiger partial charge >= 0.3 is 0 Å². The van der Waals surface area contributed by atoms with Gasteiger partial charge in [0.1, 0.15) is 5.75 Å². The summed E-state index contributed by atoms with van der Waals surface area (Å²) in [6, 6.07) is 5.51. The van der Waals surface area contributed by atoms with Gasteiger partial charge in [-0.15, -0.1) is 0 Å². The Balaban J connectivity index is 2.12. The van der Waals surface area contributed by atoms with Gasteiger partial charge in [-0.05, 0) is 44.4 Å². The average molecular weight is 261 g/mol. The van der Waals surface area contributed by atoms with E-state index in [9.17, 15) is 9.59 Å². The van der Waals surface area contributed by atoms with Gasteiger partial charge in [-0.25, -0.2) is 0 Å². The summed E-state index contributed by atoms with van der Waals surface area (Å²) in [5, 5.41) is 2.71. The molecule has 1 aromatic carbocycles. The lowest BCUT2D eigenvalue weighted by atomic mass is 9.90. The van der Waals surface area contributed by atoms with Crippen molar-refractivity contribution >= 4 is 11.7 Å². The molecular weight excluding hydrogens is 242 g/mol. The second kappa shape index (κ2) is 5.87. The van der Waals surface area contributed by atoms with Crippen LogP contribution in [0.2, 0.25) is 0 Å². The first-order chi connectivity index (χ1) is 9.11. The van der Waals surface area contributed by atoms with E-state index in [2.05, 4.69) is 5.32 Å². The Morgan fingerprint density at radius 1 is 1.42 bits per heavy atom. The molecule has 1 aliphatic carbocycles. The Hall–Kier alpha value is -1.84. The number of hydrogen-bond donors (Lipinski definition) is 1. The zero-order valence-corrected chi connectivity index (χ0v) is 11.4. The minimum atomic E-state index is -0.559. The second-order valence-corrected chi connectivity index (χ2v) is 4.75. The molecule has 0 bridgehead atoms. The van der Waals surface area contributed by atoms with Crippen molar-refractivity contribution in [3.8, 4) is 5.75 Å². The third-order valence-corrected chi connectivity index (χ3v) is 3.26. The van der Waals surface area contributed by atoms with E-state index in [0.29, 0.717) is 18.7 Å².